The van der Waals surface area contributed by atoms with Gasteiger partial charge in [0.2, 0.25) is 0 Å². The number of ether oxygens (including phenoxy) is 1. The van der Waals surface area contributed by atoms with E-state index in [-0.39, 0.29) is 23.4 Å². The van der Waals surface area contributed by atoms with Gasteiger partial charge in [0.05, 0.1) is 18.4 Å². The van der Waals surface area contributed by atoms with E-state index in [2.05, 4.69) is 0 Å². The first-order valence-electron chi connectivity index (χ1n) is 5.57. The van der Waals surface area contributed by atoms with Crippen LogP contribution in [0.15, 0.2) is 18.2 Å². The van der Waals surface area contributed by atoms with E-state index in [1.165, 1.54) is 12.1 Å². The number of aromatic hydroxyl groups is 1. The first-order chi connectivity index (χ1) is 8.08. The van der Waals surface area contributed by atoms with Crippen molar-refractivity contribution in [1.29, 1.82) is 0 Å². The van der Waals surface area contributed by atoms with Gasteiger partial charge in [-0.05, 0) is 25.1 Å². The van der Waals surface area contributed by atoms with Crippen molar-refractivity contribution < 1.29 is 14.6 Å². The minimum Gasteiger partial charge on any atom is -0.506 e. The number of anilines is 1. The van der Waals surface area contributed by atoms with E-state index in [0.29, 0.717) is 25.3 Å². The molecule has 1 fully saturated rings. The molecule has 1 saturated heterocycles. The predicted octanol–water partition coefficient (Wildman–Crippen LogP) is 0.835. The lowest BCUT2D eigenvalue weighted by Gasteiger charge is -2.31. The average Bonchev–Trinajstić information content (AvgIpc) is 2.32. The Bertz CT molecular complexity index is 434. The highest BCUT2D eigenvalue weighted by atomic mass is 16.5. The molecule has 0 aromatic heterocycles. The van der Waals surface area contributed by atoms with Crippen LogP contribution in [0.3, 0.4) is 0 Å². The van der Waals surface area contributed by atoms with Crippen LogP contribution in [0.4, 0.5) is 5.69 Å². The number of benzene rings is 1. The highest BCUT2D eigenvalue weighted by Gasteiger charge is 2.22. The number of hydrogen-bond acceptors (Lipinski definition) is 4. The van der Waals surface area contributed by atoms with Crippen LogP contribution in [0, 0.1) is 0 Å². The normalized spacial score (nSPS) is 20.3. The van der Waals surface area contributed by atoms with Gasteiger partial charge in [0.1, 0.15) is 5.75 Å². The SMILES string of the molecule is CC1CN(C(=O)c2ccc(N)c(O)c2)CCO1. The zero-order valence-corrected chi connectivity index (χ0v) is 9.72. The van der Waals surface area contributed by atoms with Crippen molar-refractivity contribution in [2.75, 3.05) is 25.4 Å². The van der Waals surface area contributed by atoms with Crippen LogP contribution in [-0.2, 0) is 4.74 Å². The number of phenolic OH excluding ortho intramolecular Hbond substituents is 1. The highest BCUT2D eigenvalue weighted by Crippen LogP contribution is 2.22. The molecule has 1 heterocycles. The van der Waals surface area contributed by atoms with E-state index in [1.807, 2.05) is 6.92 Å². The van der Waals surface area contributed by atoms with Crippen molar-refractivity contribution in [3.63, 3.8) is 0 Å². The number of nitrogens with zero attached hydrogens (tertiary/aromatic N) is 1. The quantitative estimate of drug-likeness (QED) is 0.559. The Balaban J connectivity index is 2.15. The zero-order valence-electron chi connectivity index (χ0n) is 9.72. The maximum Gasteiger partial charge on any atom is 0.254 e. The van der Waals surface area contributed by atoms with Gasteiger partial charge < -0.3 is 20.5 Å². The van der Waals surface area contributed by atoms with Gasteiger partial charge in [-0.3, -0.25) is 4.79 Å². The Morgan fingerprint density at radius 3 is 3.00 bits per heavy atom. The molecular weight excluding hydrogens is 220 g/mol. The number of morpholine rings is 1. The number of carbonyl (C=O) groups excluding carboxylic acids is 1. The van der Waals surface area contributed by atoms with Gasteiger partial charge in [-0.1, -0.05) is 0 Å². The standard InChI is InChI=1S/C12H16N2O3/c1-8-7-14(4-5-17-8)12(16)9-2-3-10(13)11(15)6-9/h2-3,6,8,15H,4-5,7,13H2,1H3. The van der Waals surface area contributed by atoms with E-state index < -0.39 is 0 Å². The molecule has 0 bridgehead atoms. The average molecular weight is 236 g/mol. The molecule has 1 aliphatic heterocycles. The molecule has 5 nitrogen and oxygen atoms in total. The number of phenols is 1. The first kappa shape index (κ1) is 11.7. The van der Waals surface area contributed by atoms with Gasteiger partial charge in [0, 0.05) is 18.7 Å². The highest BCUT2D eigenvalue weighted by molar-refractivity contribution is 5.95. The number of hydrogen-bond donors (Lipinski definition) is 2. The fourth-order valence-electron chi connectivity index (χ4n) is 1.86. The molecule has 1 atom stereocenters. The van der Waals surface area contributed by atoms with E-state index in [0.717, 1.165) is 0 Å². The molecule has 2 rings (SSSR count). The number of nitrogen functional groups attached to an aromatic ring is 1. The van der Waals surface area contributed by atoms with Crippen molar-refractivity contribution in [2.24, 2.45) is 0 Å². The first-order valence-corrected chi connectivity index (χ1v) is 5.57. The molecule has 1 amide bonds. The van der Waals surface area contributed by atoms with Crippen LogP contribution in [0.5, 0.6) is 5.75 Å². The van der Waals surface area contributed by atoms with Crippen LogP contribution in [0.2, 0.25) is 0 Å². The zero-order chi connectivity index (χ0) is 12.4. The molecule has 5 heteroatoms. The minimum absolute atomic E-state index is 0.0510. The molecule has 17 heavy (non-hydrogen) atoms. The van der Waals surface area contributed by atoms with Crippen LogP contribution >= 0.6 is 0 Å². The van der Waals surface area contributed by atoms with Gasteiger partial charge >= 0.3 is 0 Å². The number of amides is 1. The molecule has 0 radical (unpaired) electrons. The number of carbonyl (C=O) groups is 1. The summed E-state index contributed by atoms with van der Waals surface area (Å²) in [7, 11) is 0. The second-order valence-corrected chi connectivity index (χ2v) is 4.21. The van der Waals surface area contributed by atoms with Gasteiger partial charge in [-0.2, -0.15) is 0 Å². The largest absolute Gasteiger partial charge is 0.506 e. The minimum atomic E-state index is -0.101. The lowest BCUT2D eigenvalue weighted by molar-refractivity contribution is -0.0124. The molecule has 3 N–H and O–H groups in total. The molecule has 1 aromatic carbocycles. The summed E-state index contributed by atoms with van der Waals surface area (Å²) >= 11 is 0. The molecule has 0 aliphatic carbocycles. The molecule has 1 aliphatic rings. The van der Waals surface area contributed by atoms with Gasteiger partial charge in [-0.25, -0.2) is 0 Å². The Kier molecular flexibility index (Phi) is 3.19. The van der Waals surface area contributed by atoms with E-state index in [1.54, 1.807) is 11.0 Å². The van der Waals surface area contributed by atoms with Crippen molar-refractivity contribution >= 4 is 11.6 Å². The second-order valence-electron chi connectivity index (χ2n) is 4.21. The number of rotatable bonds is 1. The third kappa shape index (κ3) is 2.50. The lowest BCUT2D eigenvalue weighted by atomic mass is 10.1. The van der Waals surface area contributed by atoms with Gasteiger partial charge in [0.25, 0.3) is 5.91 Å². The molecule has 0 spiro atoms. The summed E-state index contributed by atoms with van der Waals surface area (Å²) in [6, 6.07) is 4.56. The van der Waals surface area contributed by atoms with Crippen molar-refractivity contribution in [2.45, 2.75) is 13.0 Å². The molecular formula is C12H16N2O3. The summed E-state index contributed by atoms with van der Waals surface area (Å²) in [4.78, 5) is 13.8. The van der Waals surface area contributed by atoms with E-state index in [9.17, 15) is 9.90 Å². The summed E-state index contributed by atoms with van der Waals surface area (Å²) in [5.41, 5.74) is 6.22. The fourth-order valence-corrected chi connectivity index (χ4v) is 1.86. The number of nitrogens with two attached hydrogens (primary N) is 1. The second kappa shape index (κ2) is 4.63. The molecule has 1 unspecified atom stereocenters. The summed E-state index contributed by atoms with van der Waals surface area (Å²) in [5, 5.41) is 9.48. The van der Waals surface area contributed by atoms with Crippen LogP contribution in [0.25, 0.3) is 0 Å². The summed E-state index contributed by atoms with van der Waals surface area (Å²) < 4.78 is 5.37. The van der Waals surface area contributed by atoms with E-state index >= 15 is 0 Å². The Labute approximate surface area is 99.8 Å². The third-order valence-corrected chi connectivity index (χ3v) is 2.81. The van der Waals surface area contributed by atoms with Crippen molar-refractivity contribution in [3.05, 3.63) is 23.8 Å². The molecule has 1 aromatic rings. The summed E-state index contributed by atoms with van der Waals surface area (Å²) in [6.07, 6.45) is 0.0510. The van der Waals surface area contributed by atoms with Crippen LogP contribution in [0.1, 0.15) is 17.3 Å². The fraction of sp³-hybridized carbons (Fsp3) is 0.417. The predicted molar refractivity (Wildman–Crippen MR) is 63.8 cm³/mol. The maximum atomic E-state index is 12.1. The van der Waals surface area contributed by atoms with Crippen LogP contribution < -0.4 is 5.73 Å². The molecule has 92 valence electrons. The third-order valence-electron chi connectivity index (χ3n) is 2.81. The Hall–Kier alpha value is -1.75. The lowest BCUT2D eigenvalue weighted by Crippen LogP contribution is -2.44. The van der Waals surface area contributed by atoms with E-state index in [4.69, 9.17) is 10.5 Å². The maximum absolute atomic E-state index is 12.1. The molecule has 0 saturated carbocycles. The van der Waals surface area contributed by atoms with Crippen molar-refractivity contribution in [1.82, 2.24) is 4.90 Å². The smallest absolute Gasteiger partial charge is 0.254 e. The topological polar surface area (TPSA) is 75.8 Å². The summed E-state index contributed by atoms with van der Waals surface area (Å²) in [6.45, 7) is 3.63. The van der Waals surface area contributed by atoms with Crippen LogP contribution in [-0.4, -0.2) is 41.7 Å². The van der Waals surface area contributed by atoms with Crippen molar-refractivity contribution in [3.8, 4) is 5.75 Å². The monoisotopic (exact) mass is 236 g/mol. The van der Waals surface area contributed by atoms with Gasteiger partial charge in [0.15, 0.2) is 0 Å². The Morgan fingerprint density at radius 1 is 1.59 bits per heavy atom. The summed E-state index contributed by atoms with van der Waals surface area (Å²) in [5.74, 6) is -0.160. The Morgan fingerprint density at radius 2 is 2.35 bits per heavy atom. The van der Waals surface area contributed by atoms with Gasteiger partial charge in [-0.15, -0.1) is 0 Å².